The fraction of sp³-hybridized carbons (Fsp3) is 0.700. The van der Waals surface area contributed by atoms with Gasteiger partial charge in [0.05, 0.1) is 40.9 Å². The molecule has 0 aliphatic heterocycles. The molecule has 0 aliphatic rings. The van der Waals surface area contributed by atoms with Crippen molar-refractivity contribution >= 4 is 63.2 Å². The van der Waals surface area contributed by atoms with Crippen molar-refractivity contribution < 1.29 is 20.4 Å². The van der Waals surface area contributed by atoms with E-state index in [2.05, 4.69) is 12.6 Å². The predicted octanol–water partition coefficient (Wildman–Crippen LogP) is 0.335. The smallest absolute Gasteiger partial charge is 0.0867 e. The Morgan fingerprint density at radius 2 is 1.28 bits per heavy atom. The molecule has 0 rings (SSSR count). The second kappa shape index (κ2) is 11.3. The minimum atomic E-state index is -1.11. The normalized spacial score (nSPS) is 10.3. The van der Waals surface area contributed by atoms with Crippen molar-refractivity contribution in [2.24, 2.45) is 5.41 Å². The molecule has 0 atom stereocenters. The molecule has 0 aromatic rings. The number of thiocarbonyl (C=S) groups is 3. The average molecular weight is 331 g/mol. The Bertz CT molecular complexity index is 272. The molecule has 0 saturated carbocycles. The fourth-order valence-electron chi connectivity index (χ4n) is 0.580. The highest BCUT2D eigenvalue weighted by Gasteiger charge is 2.26. The first kappa shape index (κ1) is 20.8. The topological polar surface area (TPSA) is 80.9 Å². The van der Waals surface area contributed by atoms with Crippen molar-refractivity contribution in [3.63, 3.8) is 0 Å². The molecule has 0 aliphatic carbocycles. The second-order valence-corrected chi connectivity index (χ2v) is 5.60. The molecule has 4 N–H and O–H groups in total. The summed E-state index contributed by atoms with van der Waals surface area (Å²) in [5.41, 5.74) is -1.11. The minimum absolute atomic E-state index is 0.406. The first-order valence-electron chi connectivity index (χ1n) is 5.08. The van der Waals surface area contributed by atoms with Crippen molar-refractivity contribution in [2.45, 2.75) is 13.3 Å². The number of hydrogen-bond acceptors (Lipinski definition) is 7. The van der Waals surface area contributed by atoms with Gasteiger partial charge in [-0.05, 0) is 6.42 Å². The Hall–Kier alpha value is 0.460. The Balaban J connectivity index is 0. The molecule has 0 heterocycles. The van der Waals surface area contributed by atoms with Crippen molar-refractivity contribution in [1.82, 2.24) is 0 Å². The Kier molecular flexibility index (Phi) is 13.0. The van der Waals surface area contributed by atoms with Crippen molar-refractivity contribution in [1.29, 1.82) is 0 Å². The lowest BCUT2D eigenvalue weighted by atomic mass is 9.93. The van der Waals surface area contributed by atoms with E-state index in [1.807, 2.05) is 6.92 Å². The summed E-state index contributed by atoms with van der Waals surface area (Å²) in [4.78, 5) is 1.27. The van der Waals surface area contributed by atoms with Gasteiger partial charge in [0.25, 0.3) is 0 Å². The number of thiol groups is 1. The monoisotopic (exact) mass is 330 g/mol. The third-order valence-corrected chi connectivity index (χ3v) is 3.89. The van der Waals surface area contributed by atoms with E-state index in [-0.39, 0.29) is 0 Å². The van der Waals surface area contributed by atoms with Crippen molar-refractivity contribution in [2.75, 3.05) is 26.4 Å². The van der Waals surface area contributed by atoms with Crippen LogP contribution < -0.4 is 0 Å². The van der Waals surface area contributed by atoms with Gasteiger partial charge in [-0.15, -0.1) is 12.6 Å². The van der Waals surface area contributed by atoms with E-state index in [9.17, 15) is 0 Å². The zero-order valence-corrected chi connectivity index (χ0v) is 13.3. The van der Waals surface area contributed by atoms with Gasteiger partial charge in [0, 0.05) is 4.86 Å². The third-order valence-electron chi connectivity index (χ3n) is 2.11. The van der Waals surface area contributed by atoms with Crippen LogP contribution in [0.3, 0.4) is 0 Å². The largest absolute Gasteiger partial charge is 0.396 e. The third kappa shape index (κ3) is 7.80. The van der Waals surface area contributed by atoms with Crippen LogP contribution >= 0.6 is 49.3 Å². The molecule has 18 heavy (non-hydrogen) atoms. The zero-order valence-electron chi connectivity index (χ0n) is 10.00. The van der Waals surface area contributed by atoms with Gasteiger partial charge in [0.2, 0.25) is 0 Å². The van der Waals surface area contributed by atoms with Crippen LogP contribution in [0.2, 0.25) is 0 Å². The fourth-order valence-corrected chi connectivity index (χ4v) is 1.22. The Labute approximate surface area is 128 Å². The number of aliphatic hydroxyl groups excluding tert-OH is 4. The van der Waals surface area contributed by atoms with Crippen molar-refractivity contribution in [3.05, 3.63) is 0 Å². The highest BCUT2D eigenvalue weighted by Crippen LogP contribution is 2.11. The first-order valence-corrected chi connectivity index (χ1v) is 6.75. The molecule has 0 aromatic carbocycles. The van der Waals surface area contributed by atoms with E-state index < -0.39 is 31.8 Å². The highest BCUT2D eigenvalue weighted by molar-refractivity contribution is 8.17. The first-order chi connectivity index (χ1) is 8.33. The molecule has 8 heteroatoms. The molecule has 0 unspecified atom stereocenters. The van der Waals surface area contributed by atoms with E-state index in [1.165, 1.54) is 0 Å². The van der Waals surface area contributed by atoms with E-state index in [1.54, 1.807) is 0 Å². The second-order valence-electron chi connectivity index (χ2n) is 3.54. The maximum absolute atomic E-state index is 8.50. The highest BCUT2D eigenvalue weighted by atomic mass is 32.1. The van der Waals surface area contributed by atoms with Crippen LogP contribution in [0.1, 0.15) is 13.3 Å². The summed E-state index contributed by atoms with van der Waals surface area (Å²) in [5.74, 6) is 0. The van der Waals surface area contributed by atoms with Crippen LogP contribution in [0.15, 0.2) is 0 Å². The summed E-state index contributed by atoms with van der Waals surface area (Å²) in [5, 5.41) is 34.0. The predicted molar refractivity (Wildman–Crippen MR) is 87.8 cm³/mol. The number of rotatable bonds is 7. The van der Waals surface area contributed by atoms with Gasteiger partial charge in [-0.25, -0.2) is 0 Å². The van der Waals surface area contributed by atoms with Gasteiger partial charge < -0.3 is 20.4 Å². The molecule has 0 saturated heterocycles. The molecule has 0 spiro atoms. The van der Waals surface area contributed by atoms with Gasteiger partial charge in [-0.1, -0.05) is 43.6 Å². The number of hydrogen-bond donors (Lipinski definition) is 5. The molecular weight excluding hydrogens is 312 g/mol. The maximum Gasteiger partial charge on any atom is 0.0867 e. The summed E-state index contributed by atoms with van der Waals surface area (Å²) in [7, 11) is 0. The van der Waals surface area contributed by atoms with E-state index in [4.69, 9.17) is 57.1 Å². The van der Waals surface area contributed by atoms with Crippen LogP contribution in [-0.4, -0.2) is 60.8 Å². The SMILES string of the molecule is CCC(=S)C(=S)C(=S)S.OCC(CO)(CO)CO. The molecule has 4 nitrogen and oxygen atoms in total. The summed E-state index contributed by atoms with van der Waals surface area (Å²) < 4.78 is 0.428. The lowest BCUT2D eigenvalue weighted by Gasteiger charge is -2.23. The van der Waals surface area contributed by atoms with Gasteiger partial charge in [-0.2, -0.15) is 0 Å². The van der Waals surface area contributed by atoms with Crippen LogP contribution in [0.4, 0.5) is 0 Å². The van der Waals surface area contributed by atoms with Gasteiger partial charge >= 0.3 is 0 Å². The molecule has 0 amide bonds. The van der Waals surface area contributed by atoms with Gasteiger partial charge in [-0.3, -0.25) is 0 Å². The summed E-state index contributed by atoms with van der Waals surface area (Å²) in [6.45, 7) is 0.320. The average Bonchev–Trinajstić information content (AvgIpc) is 2.41. The molecular formula is C10H18O4S4. The van der Waals surface area contributed by atoms with Crippen LogP contribution in [0.5, 0.6) is 0 Å². The van der Waals surface area contributed by atoms with Gasteiger partial charge in [0.15, 0.2) is 0 Å². The lowest BCUT2D eigenvalue weighted by molar-refractivity contribution is -0.0328. The van der Waals surface area contributed by atoms with Crippen LogP contribution in [-0.2, 0) is 0 Å². The Morgan fingerprint density at radius 3 is 1.33 bits per heavy atom. The van der Waals surface area contributed by atoms with Gasteiger partial charge in [0.1, 0.15) is 0 Å². The summed E-state index contributed by atoms with van der Waals surface area (Å²) >= 11 is 18.3. The minimum Gasteiger partial charge on any atom is -0.396 e. The van der Waals surface area contributed by atoms with Crippen molar-refractivity contribution in [3.8, 4) is 0 Å². The standard InChI is InChI=1S/C5H12O4.C5H6S4/c6-1-5(2-7,3-8)4-9;1-2-3(6)4(7)5(8)9/h6-9H,1-4H2;2H2,1H3,(H,8,9). The summed E-state index contributed by atoms with van der Waals surface area (Å²) in [6, 6.07) is 0. The molecule has 0 radical (unpaired) electrons. The Morgan fingerprint density at radius 1 is 0.944 bits per heavy atom. The molecule has 0 fully saturated rings. The van der Waals surface area contributed by atoms with E-state index in [0.717, 1.165) is 11.3 Å². The number of aliphatic hydroxyl groups is 4. The maximum atomic E-state index is 8.50. The molecule has 106 valence electrons. The van der Waals surface area contributed by atoms with Crippen LogP contribution in [0.25, 0.3) is 0 Å². The quantitative estimate of drug-likeness (QED) is 0.340. The lowest BCUT2D eigenvalue weighted by Crippen LogP contribution is -2.37. The molecule has 0 aromatic heterocycles. The van der Waals surface area contributed by atoms with E-state index in [0.29, 0.717) is 9.06 Å². The summed E-state index contributed by atoms with van der Waals surface area (Å²) in [6.07, 6.45) is 0.773. The zero-order chi connectivity index (χ0) is 14.8. The van der Waals surface area contributed by atoms with Crippen LogP contribution in [0, 0.1) is 5.41 Å². The van der Waals surface area contributed by atoms with E-state index >= 15 is 0 Å². The molecule has 0 bridgehead atoms.